The summed E-state index contributed by atoms with van der Waals surface area (Å²) in [5.74, 6) is -2.31. The van der Waals surface area contributed by atoms with Gasteiger partial charge in [-0.25, -0.2) is 13.2 Å². The third kappa shape index (κ3) is 15.5. The number of nitrogens with two attached hydrogens (primary N) is 1. The number of nitrogens with one attached hydrogen (secondary N) is 4. The van der Waals surface area contributed by atoms with Gasteiger partial charge in [0.05, 0.1) is 11.7 Å². The van der Waals surface area contributed by atoms with Gasteiger partial charge in [-0.1, -0.05) is 52.8 Å². The normalized spacial score (nSPS) is 12.6. The largest absolute Gasteiger partial charge is 0.461 e. The number of hydrogen-bond acceptors (Lipinski definition) is 8. The number of ether oxygens (including phenoxy) is 1. The Morgan fingerprint density at radius 3 is 2.16 bits per heavy atom. The van der Waals surface area contributed by atoms with Crippen LogP contribution < -0.4 is 27.0 Å². The van der Waals surface area contributed by atoms with Crippen LogP contribution in [-0.4, -0.2) is 62.5 Å². The van der Waals surface area contributed by atoms with Gasteiger partial charge in [0, 0.05) is 24.1 Å². The summed E-state index contributed by atoms with van der Waals surface area (Å²) in [6, 6.07) is 4.08. The highest BCUT2D eigenvalue weighted by Gasteiger charge is 2.28. The van der Waals surface area contributed by atoms with Gasteiger partial charge in [-0.2, -0.15) is 0 Å². The van der Waals surface area contributed by atoms with Crippen LogP contribution in [0.3, 0.4) is 0 Å². The Morgan fingerprint density at radius 2 is 1.59 bits per heavy atom. The Balaban J connectivity index is 2.83. The van der Waals surface area contributed by atoms with Crippen LogP contribution in [0.5, 0.6) is 0 Å². The fraction of sp³-hybridized carbons (Fsp3) is 0.567. The van der Waals surface area contributed by atoms with Gasteiger partial charge in [0.25, 0.3) is 0 Å². The van der Waals surface area contributed by atoms with Gasteiger partial charge in [-0.05, 0) is 49.3 Å². The summed E-state index contributed by atoms with van der Waals surface area (Å²) < 4.78 is 28.2. The van der Waals surface area contributed by atoms with E-state index < -0.39 is 39.8 Å². The predicted octanol–water partition coefficient (Wildman–Crippen LogP) is 2.52. The lowest BCUT2D eigenvalue weighted by Gasteiger charge is -2.25. The topological polar surface area (TPSA) is 203 Å². The molecule has 0 fully saturated rings. The SMILES string of the molecule is C=CS(=O)(=O)CCCCCC(=O)NC(C(=O)N[C@@H](CCCNC(N)=O)C(=O)Nc1ccc(COC(=O)C(C)C)cc1)C(C)C. The quantitative estimate of drug-likeness (QED) is 0.106. The molecular formula is C30H47N5O8S. The number of primary amides is 1. The van der Waals surface area contributed by atoms with E-state index in [1.165, 1.54) is 0 Å². The second kappa shape index (κ2) is 19.4. The van der Waals surface area contributed by atoms with Gasteiger partial charge in [0.2, 0.25) is 17.7 Å². The highest BCUT2D eigenvalue weighted by Crippen LogP contribution is 2.13. The lowest BCUT2D eigenvalue weighted by molar-refractivity contribution is -0.148. The number of amides is 5. The number of anilines is 1. The summed E-state index contributed by atoms with van der Waals surface area (Å²) in [5.41, 5.74) is 6.31. The van der Waals surface area contributed by atoms with Crippen LogP contribution in [0.1, 0.15) is 71.8 Å². The fourth-order valence-electron chi connectivity index (χ4n) is 3.91. The first-order chi connectivity index (χ1) is 20.6. The van der Waals surface area contributed by atoms with Crippen LogP contribution in [0.25, 0.3) is 0 Å². The number of unbranched alkanes of at least 4 members (excludes halogenated alkanes) is 2. The number of benzene rings is 1. The van der Waals surface area contributed by atoms with Crippen molar-refractivity contribution in [1.82, 2.24) is 16.0 Å². The lowest BCUT2D eigenvalue weighted by Crippen LogP contribution is -2.54. The number of urea groups is 1. The molecule has 246 valence electrons. The molecule has 0 saturated heterocycles. The third-order valence-electron chi connectivity index (χ3n) is 6.53. The zero-order valence-corrected chi connectivity index (χ0v) is 26.8. The van der Waals surface area contributed by atoms with Crippen LogP contribution >= 0.6 is 0 Å². The predicted molar refractivity (Wildman–Crippen MR) is 168 cm³/mol. The maximum Gasteiger partial charge on any atom is 0.312 e. The standard InChI is InChI=1S/C30H47N5O8S/c1-6-44(41,42)18-9-7-8-12-25(36)35-26(20(2)3)28(38)34-24(11-10-17-32-30(31)40)27(37)33-23-15-13-22(14-16-23)19-43-29(39)21(4)5/h6,13-16,20-21,24,26H,1,7-12,17-19H2,2-5H3,(H,33,37)(H,34,38)(H,35,36)(H3,31,32,40)/t24-,26?/m0/s1. The molecule has 1 unspecified atom stereocenters. The van der Waals surface area contributed by atoms with Crippen molar-refractivity contribution in [3.8, 4) is 0 Å². The molecule has 0 spiro atoms. The van der Waals surface area contributed by atoms with Crippen molar-refractivity contribution in [2.75, 3.05) is 17.6 Å². The summed E-state index contributed by atoms with van der Waals surface area (Å²) in [5, 5.41) is 11.6. The Hall–Kier alpha value is -3.94. The number of rotatable bonds is 20. The van der Waals surface area contributed by atoms with Gasteiger partial charge < -0.3 is 31.7 Å². The van der Waals surface area contributed by atoms with Crippen LogP contribution in [-0.2, 0) is 40.4 Å². The van der Waals surface area contributed by atoms with Crippen molar-refractivity contribution in [3.63, 3.8) is 0 Å². The molecule has 1 aromatic rings. The summed E-state index contributed by atoms with van der Waals surface area (Å²) >= 11 is 0. The van der Waals surface area contributed by atoms with Gasteiger partial charge in [0.1, 0.15) is 18.7 Å². The van der Waals surface area contributed by atoms with Gasteiger partial charge in [0.15, 0.2) is 9.84 Å². The smallest absolute Gasteiger partial charge is 0.312 e. The molecule has 0 saturated carbocycles. The summed E-state index contributed by atoms with van der Waals surface area (Å²) in [4.78, 5) is 61.8. The maximum atomic E-state index is 13.3. The number of esters is 1. The van der Waals surface area contributed by atoms with Crippen LogP contribution in [0.15, 0.2) is 36.3 Å². The molecule has 0 bridgehead atoms. The molecule has 1 rings (SSSR count). The highest BCUT2D eigenvalue weighted by molar-refractivity contribution is 7.94. The first kappa shape index (κ1) is 38.1. The maximum absolute atomic E-state index is 13.3. The van der Waals surface area contributed by atoms with Crippen LogP contribution in [0, 0.1) is 11.8 Å². The molecule has 0 aliphatic rings. The third-order valence-corrected chi connectivity index (χ3v) is 7.89. The molecule has 14 heteroatoms. The Labute approximate surface area is 260 Å². The fourth-order valence-corrected chi connectivity index (χ4v) is 4.69. The molecule has 0 heterocycles. The minimum atomic E-state index is -3.29. The number of sulfone groups is 1. The second-order valence-electron chi connectivity index (χ2n) is 11.1. The molecule has 44 heavy (non-hydrogen) atoms. The zero-order chi connectivity index (χ0) is 33.3. The second-order valence-corrected chi connectivity index (χ2v) is 13.1. The lowest BCUT2D eigenvalue weighted by atomic mass is 10.0. The van der Waals surface area contributed by atoms with Crippen molar-refractivity contribution < 1.29 is 37.1 Å². The molecule has 0 aliphatic carbocycles. The van der Waals surface area contributed by atoms with E-state index in [9.17, 15) is 32.4 Å². The first-order valence-corrected chi connectivity index (χ1v) is 16.4. The molecule has 0 aromatic heterocycles. The van der Waals surface area contributed by atoms with Crippen LogP contribution in [0.4, 0.5) is 10.5 Å². The Bertz CT molecular complexity index is 1230. The Kier molecular flexibility index (Phi) is 16.8. The molecular weight excluding hydrogens is 590 g/mol. The average molecular weight is 638 g/mol. The number of carbonyl (C=O) groups excluding carboxylic acids is 5. The van der Waals surface area contributed by atoms with Crippen molar-refractivity contribution in [3.05, 3.63) is 41.8 Å². The highest BCUT2D eigenvalue weighted by atomic mass is 32.2. The number of carbonyl (C=O) groups is 5. The molecule has 2 atom stereocenters. The van der Waals surface area contributed by atoms with E-state index in [1.54, 1.807) is 52.0 Å². The minimum absolute atomic E-state index is 0.0363. The van der Waals surface area contributed by atoms with E-state index in [-0.39, 0.29) is 55.5 Å². The van der Waals surface area contributed by atoms with E-state index in [0.717, 1.165) is 11.0 Å². The van der Waals surface area contributed by atoms with Crippen molar-refractivity contribution in [1.29, 1.82) is 0 Å². The van der Waals surface area contributed by atoms with Crippen LogP contribution in [0.2, 0.25) is 0 Å². The van der Waals surface area contributed by atoms with E-state index in [4.69, 9.17) is 10.5 Å². The molecule has 0 aliphatic heterocycles. The first-order valence-electron chi connectivity index (χ1n) is 14.7. The molecule has 6 N–H and O–H groups in total. The minimum Gasteiger partial charge on any atom is -0.461 e. The Morgan fingerprint density at radius 1 is 0.932 bits per heavy atom. The van der Waals surface area contributed by atoms with Gasteiger partial charge in [-0.3, -0.25) is 19.2 Å². The van der Waals surface area contributed by atoms with E-state index in [1.807, 2.05) is 0 Å². The molecule has 13 nitrogen and oxygen atoms in total. The average Bonchev–Trinajstić information content (AvgIpc) is 2.96. The number of hydrogen-bond donors (Lipinski definition) is 5. The molecule has 0 radical (unpaired) electrons. The van der Waals surface area contributed by atoms with Crippen molar-refractivity contribution in [2.45, 2.75) is 84.9 Å². The summed E-state index contributed by atoms with van der Waals surface area (Å²) in [7, 11) is -3.29. The van der Waals surface area contributed by atoms with Gasteiger partial charge >= 0.3 is 12.0 Å². The molecule has 1 aromatic carbocycles. The molecule has 5 amide bonds. The summed E-state index contributed by atoms with van der Waals surface area (Å²) in [6.07, 6.45) is 1.98. The van der Waals surface area contributed by atoms with E-state index in [2.05, 4.69) is 27.8 Å². The van der Waals surface area contributed by atoms with Crippen molar-refractivity contribution in [2.24, 2.45) is 17.6 Å². The van der Waals surface area contributed by atoms with E-state index >= 15 is 0 Å². The van der Waals surface area contributed by atoms with Crippen molar-refractivity contribution >= 4 is 45.2 Å². The monoisotopic (exact) mass is 637 g/mol. The summed E-state index contributed by atoms with van der Waals surface area (Å²) in [6.45, 7) is 10.6. The zero-order valence-electron chi connectivity index (χ0n) is 26.0. The van der Waals surface area contributed by atoms with Gasteiger partial charge in [-0.15, -0.1) is 0 Å². The van der Waals surface area contributed by atoms with E-state index in [0.29, 0.717) is 31.4 Å².